The maximum absolute atomic E-state index is 12.9. The van der Waals surface area contributed by atoms with E-state index in [1.54, 1.807) is 11.3 Å². The molecule has 4 rings (SSSR count). The number of nitrogens with zero attached hydrogens (tertiary/aromatic N) is 2. The van der Waals surface area contributed by atoms with Gasteiger partial charge in [0, 0.05) is 10.4 Å². The number of nitrogens with two attached hydrogens (primary N) is 1. The van der Waals surface area contributed by atoms with Crippen LogP contribution in [0.4, 0.5) is 0 Å². The first kappa shape index (κ1) is 18.3. The van der Waals surface area contributed by atoms with Crippen LogP contribution in [-0.2, 0) is 6.42 Å². The molecule has 2 aromatic heterocycles. The van der Waals surface area contributed by atoms with Crippen molar-refractivity contribution in [3.63, 3.8) is 0 Å². The highest BCUT2D eigenvalue weighted by atomic mass is 32.2. The van der Waals surface area contributed by atoms with Crippen LogP contribution in [0.5, 0.6) is 0 Å². The standard InChI is InChI=1S/C20H21N3O2S2/c1-11-6-8-13(9-7-11)14(24)10-26-20-22-18-17(19(25)23(20)21)16-12(2)4-3-5-15(16)27-18/h6-9,12H,3-5,10,21H2,1-2H3. The van der Waals surface area contributed by atoms with Gasteiger partial charge in [-0.1, -0.05) is 48.5 Å². The molecule has 7 heteroatoms. The van der Waals surface area contributed by atoms with E-state index < -0.39 is 0 Å². The van der Waals surface area contributed by atoms with Crippen LogP contribution in [0.3, 0.4) is 0 Å². The second kappa shape index (κ2) is 7.13. The monoisotopic (exact) mass is 399 g/mol. The minimum atomic E-state index is -0.212. The molecule has 5 nitrogen and oxygen atoms in total. The van der Waals surface area contributed by atoms with E-state index >= 15 is 0 Å². The SMILES string of the molecule is Cc1ccc(C(=O)CSc2nc3sc4c(c3c(=O)n2N)C(C)CCC4)cc1. The summed E-state index contributed by atoms with van der Waals surface area (Å²) >= 11 is 2.81. The van der Waals surface area contributed by atoms with Gasteiger partial charge in [0.15, 0.2) is 10.9 Å². The number of aromatic nitrogens is 2. The second-order valence-corrected chi connectivity index (χ2v) is 9.09. The van der Waals surface area contributed by atoms with Crippen molar-refractivity contribution in [3.8, 4) is 0 Å². The van der Waals surface area contributed by atoms with E-state index in [1.165, 1.54) is 16.6 Å². The van der Waals surface area contributed by atoms with Crippen molar-refractivity contribution in [3.05, 3.63) is 56.2 Å². The van der Waals surface area contributed by atoms with Gasteiger partial charge in [0.2, 0.25) is 0 Å². The van der Waals surface area contributed by atoms with Crippen molar-refractivity contribution in [2.24, 2.45) is 0 Å². The normalized spacial score (nSPS) is 16.4. The van der Waals surface area contributed by atoms with Gasteiger partial charge in [-0.15, -0.1) is 11.3 Å². The van der Waals surface area contributed by atoms with E-state index in [0.29, 0.717) is 22.0 Å². The summed E-state index contributed by atoms with van der Waals surface area (Å²) in [5, 5.41) is 1.05. The van der Waals surface area contributed by atoms with Crippen LogP contribution in [0.25, 0.3) is 10.2 Å². The first-order chi connectivity index (χ1) is 13.0. The number of aryl methyl sites for hydroxylation is 2. The molecule has 0 aliphatic heterocycles. The summed E-state index contributed by atoms with van der Waals surface area (Å²) in [6.45, 7) is 4.14. The molecule has 140 valence electrons. The Kier molecular flexibility index (Phi) is 4.82. The lowest BCUT2D eigenvalue weighted by molar-refractivity contribution is 0.102. The highest BCUT2D eigenvalue weighted by molar-refractivity contribution is 7.99. The summed E-state index contributed by atoms with van der Waals surface area (Å²) < 4.78 is 1.10. The predicted molar refractivity (Wildman–Crippen MR) is 112 cm³/mol. The average Bonchev–Trinajstić information content (AvgIpc) is 3.03. The van der Waals surface area contributed by atoms with Gasteiger partial charge in [-0.25, -0.2) is 9.66 Å². The first-order valence-electron chi connectivity index (χ1n) is 9.01. The van der Waals surface area contributed by atoms with Crippen LogP contribution in [0.15, 0.2) is 34.2 Å². The molecule has 1 aliphatic carbocycles. The molecule has 27 heavy (non-hydrogen) atoms. The van der Waals surface area contributed by atoms with Crippen molar-refractivity contribution in [2.75, 3.05) is 11.6 Å². The number of thioether (sulfide) groups is 1. The van der Waals surface area contributed by atoms with Gasteiger partial charge in [-0.05, 0) is 37.7 Å². The maximum atomic E-state index is 12.9. The molecule has 0 bridgehead atoms. The van der Waals surface area contributed by atoms with Crippen LogP contribution in [0, 0.1) is 6.92 Å². The third-order valence-corrected chi connectivity index (χ3v) is 7.19. The molecular weight excluding hydrogens is 378 g/mol. The number of benzene rings is 1. The number of thiophene rings is 1. The van der Waals surface area contributed by atoms with Gasteiger partial charge in [-0.3, -0.25) is 9.59 Å². The second-order valence-electron chi connectivity index (χ2n) is 7.06. The lowest BCUT2D eigenvalue weighted by Crippen LogP contribution is -2.30. The van der Waals surface area contributed by atoms with E-state index in [0.717, 1.165) is 39.9 Å². The van der Waals surface area contributed by atoms with Crippen molar-refractivity contribution in [2.45, 2.75) is 44.2 Å². The molecule has 3 aromatic rings. The third-order valence-electron chi connectivity index (χ3n) is 5.08. The summed E-state index contributed by atoms with van der Waals surface area (Å²) in [4.78, 5) is 31.9. The number of Topliss-reactive ketones (excluding diaryl/α,β-unsaturated/α-hetero) is 1. The molecule has 0 saturated heterocycles. The largest absolute Gasteiger partial charge is 0.334 e. The third kappa shape index (κ3) is 3.30. The molecule has 0 spiro atoms. The molecule has 0 radical (unpaired) electrons. The average molecular weight is 400 g/mol. The minimum absolute atomic E-state index is 0.00607. The smallest absolute Gasteiger partial charge is 0.281 e. The summed E-state index contributed by atoms with van der Waals surface area (Å²) in [5.74, 6) is 6.59. The molecule has 0 saturated carbocycles. The zero-order chi connectivity index (χ0) is 19.1. The number of rotatable bonds is 4. The van der Waals surface area contributed by atoms with Crippen LogP contribution in [0.1, 0.15) is 52.0 Å². The Balaban J connectivity index is 1.65. The van der Waals surface area contributed by atoms with Gasteiger partial charge in [-0.2, -0.15) is 0 Å². The quantitative estimate of drug-likeness (QED) is 0.312. The van der Waals surface area contributed by atoms with Crippen LogP contribution < -0.4 is 11.4 Å². The molecule has 2 heterocycles. The van der Waals surface area contributed by atoms with Gasteiger partial charge >= 0.3 is 0 Å². The summed E-state index contributed by atoms with van der Waals surface area (Å²) in [6, 6.07) is 7.47. The fourth-order valence-corrected chi connectivity index (χ4v) is 5.77. The first-order valence-corrected chi connectivity index (χ1v) is 10.8. The van der Waals surface area contributed by atoms with Gasteiger partial charge in [0.25, 0.3) is 5.56 Å². The predicted octanol–water partition coefficient (Wildman–Crippen LogP) is 3.90. The highest BCUT2D eigenvalue weighted by Gasteiger charge is 2.26. The molecule has 0 amide bonds. The molecule has 1 aromatic carbocycles. The number of carbonyl (C=O) groups excluding carboxylic acids is 1. The van der Waals surface area contributed by atoms with Crippen molar-refractivity contribution < 1.29 is 4.79 Å². The Morgan fingerprint density at radius 1 is 1.37 bits per heavy atom. The van der Waals surface area contributed by atoms with E-state index in [2.05, 4.69) is 11.9 Å². The molecule has 1 unspecified atom stereocenters. The van der Waals surface area contributed by atoms with Gasteiger partial charge in [0.05, 0.1) is 11.1 Å². The molecule has 1 atom stereocenters. The van der Waals surface area contributed by atoms with Crippen LogP contribution >= 0.6 is 23.1 Å². The Labute approximate surface area is 165 Å². The number of carbonyl (C=O) groups is 1. The van der Waals surface area contributed by atoms with E-state index in [1.807, 2.05) is 31.2 Å². The summed E-state index contributed by atoms with van der Waals surface area (Å²) in [6.07, 6.45) is 3.23. The Bertz CT molecular complexity index is 1080. The topological polar surface area (TPSA) is 78.0 Å². The zero-order valence-electron chi connectivity index (χ0n) is 15.3. The Morgan fingerprint density at radius 3 is 2.85 bits per heavy atom. The molecule has 1 aliphatic rings. The highest BCUT2D eigenvalue weighted by Crippen LogP contribution is 2.40. The summed E-state index contributed by atoms with van der Waals surface area (Å²) in [5.41, 5.74) is 2.68. The Morgan fingerprint density at radius 2 is 2.11 bits per heavy atom. The lowest BCUT2D eigenvalue weighted by Gasteiger charge is -2.18. The minimum Gasteiger partial charge on any atom is -0.334 e. The number of fused-ring (bicyclic) bond motifs is 3. The van der Waals surface area contributed by atoms with Crippen molar-refractivity contribution >= 4 is 39.1 Å². The number of ketones is 1. The number of hydrogen-bond donors (Lipinski definition) is 1. The fourth-order valence-electron chi connectivity index (χ4n) is 3.59. The van der Waals surface area contributed by atoms with Gasteiger partial charge < -0.3 is 5.84 Å². The maximum Gasteiger partial charge on any atom is 0.281 e. The number of nitrogen functional groups attached to an aromatic ring is 1. The van der Waals surface area contributed by atoms with Crippen LogP contribution in [0.2, 0.25) is 0 Å². The number of hydrogen-bond acceptors (Lipinski definition) is 6. The Hall–Kier alpha value is -2.12. The van der Waals surface area contributed by atoms with Crippen molar-refractivity contribution in [1.82, 2.24) is 9.66 Å². The summed E-state index contributed by atoms with van der Waals surface area (Å²) in [7, 11) is 0. The molecule has 0 fully saturated rings. The van der Waals surface area contributed by atoms with Crippen LogP contribution in [-0.4, -0.2) is 21.2 Å². The van der Waals surface area contributed by atoms with E-state index in [4.69, 9.17) is 5.84 Å². The lowest BCUT2D eigenvalue weighted by atomic mass is 9.88. The zero-order valence-corrected chi connectivity index (χ0v) is 17.0. The molecular formula is C20H21N3O2S2. The fraction of sp³-hybridized carbons (Fsp3) is 0.350. The van der Waals surface area contributed by atoms with Gasteiger partial charge in [0.1, 0.15) is 4.83 Å². The van der Waals surface area contributed by atoms with Crippen molar-refractivity contribution in [1.29, 1.82) is 0 Å². The van der Waals surface area contributed by atoms with E-state index in [9.17, 15) is 9.59 Å². The molecule has 2 N–H and O–H groups in total. The van der Waals surface area contributed by atoms with E-state index in [-0.39, 0.29) is 17.1 Å².